The molecule has 11 heteroatoms. The predicted molar refractivity (Wildman–Crippen MR) is 144 cm³/mol. The Bertz CT molecular complexity index is 1280. The van der Waals surface area contributed by atoms with Gasteiger partial charge in [-0.3, -0.25) is 9.59 Å². The summed E-state index contributed by atoms with van der Waals surface area (Å²) in [5, 5.41) is 8.77. The minimum atomic E-state index is -0.621. The molecule has 3 aromatic rings. The number of hydrogen-bond donors (Lipinski definition) is 0. The van der Waals surface area contributed by atoms with Crippen LogP contribution in [0.25, 0.3) is 11.3 Å². The number of rotatable bonds is 10. The Balaban J connectivity index is 1.36. The SMILES string of the molecule is COCCN(CC(=O)N1CCN(c2ccc(-c3ccc(OC)c(OC)c3)nn2)CC1)C(=O)c1ccccc1F. The van der Waals surface area contributed by atoms with Crippen molar-refractivity contribution in [2.24, 2.45) is 0 Å². The predicted octanol–water partition coefficient (Wildman–Crippen LogP) is 2.74. The summed E-state index contributed by atoms with van der Waals surface area (Å²) < 4.78 is 30.0. The van der Waals surface area contributed by atoms with Crippen LogP contribution in [0.1, 0.15) is 10.4 Å². The van der Waals surface area contributed by atoms with E-state index in [2.05, 4.69) is 15.1 Å². The number of anilines is 1. The lowest BCUT2D eigenvalue weighted by Crippen LogP contribution is -2.52. The van der Waals surface area contributed by atoms with E-state index in [1.54, 1.807) is 25.2 Å². The van der Waals surface area contributed by atoms with Crippen LogP contribution >= 0.6 is 0 Å². The minimum absolute atomic E-state index is 0.0682. The summed E-state index contributed by atoms with van der Waals surface area (Å²) in [6, 6.07) is 15.1. The zero-order chi connectivity index (χ0) is 27.8. The smallest absolute Gasteiger partial charge is 0.257 e. The van der Waals surface area contributed by atoms with E-state index in [4.69, 9.17) is 14.2 Å². The molecule has 1 aliphatic rings. The average molecular weight is 538 g/mol. The molecule has 0 bridgehead atoms. The number of carbonyl (C=O) groups is 2. The fraction of sp³-hybridized carbons (Fsp3) is 0.357. The molecule has 1 saturated heterocycles. The van der Waals surface area contributed by atoms with Crippen LogP contribution in [0, 0.1) is 5.82 Å². The molecule has 0 atom stereocenters. The van der Waals surface area contributed by atoms with Gasteiger partial charge in [-0.25, -0.2) is 4.39 Å². The normalized spacial score (nSPS) is 13.2. The van der Waals surface area contributed by atoms with Crippen molar-refractivity contribution in [2.45, 2.75) is 0 Å². The van der Waals surface area contributed by atoms with Gasteiger partial charge in [-0.2, -0.15) is 0 Å². The van der Waals surface area contributed by atoms with Gasteiger partial charge in [-0.15, -0.1) is 10.2 Å². The second kappa shape index (κ2) is 13.0. The first kappa shape index (κ1) is 27.8. The number of aromatic nitrogens is 2. The highest BCUT2D eigenvalue weighted by atomic mass is 19.1. The Labute approximate surface area is 226 Å². The fourth-order valence-electron chi connectivity index (χ4n) is 4.35. The number of nitrogens with zero attached hydrogens (tertiary/aromatic N) is 5. The molecular formula is C28H32FN5O5. The third kappa shape index (κ3) is 6.61. The number of ether oxygens (including phenoxy) is 3. The molecular weight excluding hydrogens is 505 g/mol. The number of amides is 2. The molecule has 2 heterocycles. The standard InChI is InChI=1S/C28H32FN5O5/c1-37-17-16-34(28(36)21-6-4-5-7-22(21)29)19-27(35)33-14-12-32(13-15-33)26-11-9-23(30-31-26)20-8-10-24(38-2)25(18-20)39-3/h4-11,18H,12-17,19H2,1-3H3. The van der Waals surface area contributed by atoms with Crippen LogP contribution in [0.5, 0.6) is 11.5 Å². The van der Waals surface area contributed by atoms with Crippen molar-refractivity contribution in [2.75, 3.05) is 72.1 Å². The minimum Gasteiger partial charge on any atom is -0.493 e. The Morgan fingerprint density at radius 2 is 1.67 bits per heavy atom. The van der Waals surface area contributed by atoms with E-state index in [9.17, 15) is 14.0 Å². The van der Waals surface area contributed by atoms with Gasteiger partial charge in [0.15, 0.2) is 17.3 Å². The van der Waals surface area contributed by atoms with E-state index in [0.29, 0.717) is 49.2 Å². The van der Waals surface area contributed by atoms with Crippen molar-refractivity contribution < 1.29 is 28.2 Å². The molecule has 0 radical (unpaired) electrons. The van der Waals surface area contributed by atoms with Crippen molar-refractivity contribution >= 4 is 17.6 Å². The van der Waals surface area contributed by atoms with E-state index >= 15 is 0 Å². The van der Waals surface area contributed by atoms with E-state index in [1.807, 2.05) is 30.3 Å². The van der Waals surface area contributed by atoms with Gasteiger partial charge in [0.2, 0.25) is 5.91 Å². The number of benzene rings is 2. The van der Waals surface area contributed by atoms with Gasteiger partial charge in [0.25, 0.3) is 5.91 Å². The van der Waals surface area contributed by atoms with Crippen molar-refractivity contribution in [3.8, 4) is 22.8 Å². The molecule has 0 aliphatic carbocycles. The summed E-state index contributed by atoms with van der Waals surface area (Å²) in [6.07, 6.45) is 0. The summed E-state index contributed by atoms with van der Waals surface area (Å²) in [5.74, 6) is 0.592. The molecule has 1 aromatic heterocycles. The molecule has 0 N–H and O–H groups in total. The highest BCUT2D eigenvalue weighted by Crippen LogP contribution is 2.31. The van der Waals surface area contributed by atoms with Gasteiger partial charge < -0.3 is 28.9 Å². The van der Waals surface area contributed by atoms with Gasteiger partial charge >= 0.3 is 0 Å². The van der Waals surface area contributed by atoms with E-state index < -0.39 is 11.7 Å². The zero-order valence-electron chi connectivity index (χ0n) is 22.3. The van der Waals surface area contributed by atoms with Gasteiger partial charge in [-0.1, -0.05) is 12.1 Å². The molecule has 0 unspecified atom stereocenters. The first-order valence-electron chi connectivity index (χ1n) is 12.6. The second-order valence-corrected chi connectivity index (χ2v) is 8.91. The number of carbonyl (C=O) groups excluding carboxylic acids is 2. The van der Waals surface area contributed by atoms with Crippen LogP contribution in [0.3, 0.4) is 0 Å². The van der Waals surface area contributed by atoms with Gasteiger partial charge in [0.1, 0.15) is 12.4 Å². The molecule has 2 amide bonds. The lowest BCUT2D eigenvalue weighted by molar-refractivity contribution is -0.132. The fourth-order valence-corrected chi connectivity index (χ4v) is 4.35. The molecule has 2 aromatic carbocycles. The molecule has 1 fully saturated rings. The van der Waals surface area contributed by atoms with E-state index in [0.717, 1.165) is 5.56 Å². The van der Waals surface area contributed by atoms with Crippen LogP contribution in [-0.4, -0.2) is 99.0 Å². The van der Waals surface area contributed by atoms with Crippen LogP contribution in [0.2, 0.25) is 0 Å². The van der Waals surface area contributed by atoms with E-state index in [1.165, 1.54) is 30.2 Å². The van der Waals surface area contributed by atoms with Crippen LogP contribution in [0.15, 0.2) is 54.6 Å². The lowest BCUT2D eigenvalue weighted by Gasteiger charge is -2.36. The number of halogens is 1. The Morgan fingerprint density at radius 1 is 0.923 bits per heavy atom. The first-order chi connectivity index (χ1) is 18.9. The number of methoxy groups -OCH3 is 3. The molecule has 10 nitrogen and oxygen atoms in total. The summed E-state index contributed by atoms with van der Waals surface area (Å²) >= 11 is 0. The maximum absolute atomic E-state index is 14.2. The van der Waals surface area contributed by atoms with Crippen molar-refractivity contribution in [1.29, 1.82) is 0 Å². The van der Waals surface area contributed by atoms with Crippen LogP contribution in [-0.2, 0) is 9.53 Å². The van der Waals surface area contributed by atoms with Crippen LogP contribution < -0.4 is 14.4 Å². The Kier molecular flexibility index (Phi) is 9.27. The largest absolute Gasteiger partial charge is 0.493 e. The topological polar surface area (TPSA) is 97.3 Å². The maximum atomic E-state index is 14.2. The molecule has 0 spiro atoms. The second-order valence-electron chi connectivity index (χ2n) is 8.91. The number of piperazine rings is 1. The highest BCUT2D eigenvalue weighted by molar-refractivity contribution is 5.96. The summed E-state index contributed by atoms with van der Waals surface area (Å²) in [5.41, 5.74) is 1.48. The van der Waals surface area contributed by atoms with E-state index in [-0.39, 0.29) is 31.2 Å². The number of hydrogen-bond acceptors (Lipinski definition) is 8. The van der Waals surface area contributed by atoms with Crippen molar-refractivity contribution in [3.05, 3.63) is 66.0 Å². The zero-order valence-corrected chi connectivity index (χ0v) is 22.3. The van der Waals surface area contributed by atoms with Gasteiger partial charge in [0.05, 0.1) is 32.1 Å². The third-order valence-corrected chi connectivity index (χ3v) is 6.57. The Hall–Kier alpha value is -4.25. The molecule has 4 rings (SSSR count). The average Bonchev–Trinajstić information content (AvgIpc) is 2.98. The van der Waals surface area contributed by atoms with Crippen LogP contribution in [0.4, 0.5) is 10.2 Å². The van der Waals surface area contributed by atoms with Crippen molar-refractivity contribution in [1.82, 2.24) is 20.0 Å². The molecule has 39 heavy (non-hydrogen) atoms. The molecule has 0 saturated carbocycles. The monoisotopic (exact) mass is 537 g/mol. The van der Waals surface area contributed by atoms with Gasteiger partial charge in [0, 0.05) is 45.4 Å². The van der Waals surface area contributed by atoms with Gasteiger partial charge in [-0.05, 0) is 42.5 Å². The molecule has 1 aliphatic heterocycles. The summed E-state index contributed by atoms with van der Waals surface area (Å²) in [6.45, 7) is 2.31. The third-order valence-electron chi connectivity index (χ3n) is 6.57. The lowest BCUT2D eigenvalue weighted by atomic mass is 10.1. The maximum Gasteiger partial charge on any atom is 0.257 e. The quantitative estimate of drug-likeness (QED) is 0.390. The van der Waals surface area contributed by atoms with Crippen molar-refractivity contribution in [3.63, 3.8) is 0 Å². The summed E-state index contributed by atoms with van der Waals surface area (Å²) in [4.78, 5) is 31.1. The first-order valence-corrected chi connectivity index (χ1v) is 12.6. The highest BCUT2D eigenvalue weighted by Gasteiger charge is 2.27. The Morgan fingerprint density at radius 3 is 2.31 bits per heavy atom. The molecule has 206 valence electrons. The summed E-state index contributed by atoms with van der Waals surface area (Å²) in [7, 11) is 4.68.